The first-order valence-corrected chi connectivity index (χ1v) is 24.3. The van der Waals surface area contributed by atoms with Gasteiger partial charge in [-0.05, 0) is 91.8 Å². The average molecular weight is 1020 g/mol. The van der Waals surface area contributed by atoms with Gasteiger partial charge in [0.2, 0.25) is 11.8 Å². The molecule has 0 radical (unpaired) electrons. The number of aliphatic imine (C=N–C) groups is 1. The first kappa shape index (κ1) is 67.9. The summed E-state index contributed by atoms with van der Waals surface area (Å²) < 4.78 is 0. The minimum Gasteiger partial charge on any atom is -0.480 e. The van der Waals surface area contributed by atoms with Crippen molar-refractivity contribution in [2.75, 3.05) is 19.0 Å². The highest BCUT2D eigenvalue weighted by molar-refractivity contribution is 7.66. The van der Waals surface area contributed by atoms with Crippen LogP contribution in [0.4, 0.5) is 11.6 Å². The Kier molecular flexibility index (Phi) is 36.9. The van der Waals surface area contributed by atoms with E-state index in [1.54, 1.807) is 39.8 Å². The maximum atomic E-state index is 12.7. The lowest BCUT2D eigenvalue weighted by atomic mass is 9.86. The fourth-order valence-corrected chi connectivity index (χ4v) is 5.56. The summed E-state index contributed by atoms with van der Waals surface area (Å²) in [7, 11) is 1.56. The van der Waals surface area contributed by atoms with E-state index < -0.39 is 46.8 Å². The molecule has 0 spiro atoms. The standard InChI is InChI=1S/C26H36N8O6.C12H21NO5.C6H14.CH5N.ClH3NP/c1-25(2,26(3,4)40)34-19(35)11-10-17(24(38)39)32-22(36)16-8-6-15(7-9-16)12-29-18-13-30-21(28-5)20(33-18)23(37)31-14-27;1-9(2)7-12(3,4)13-10(15)5-6-11(16)18-17-8-14;1-3-5-6-4-2;1-2;1-3-2/h6-9,13,17,40H,5,10-12,14,27H2,1-4H3,(H,29,33)(H,31,37)(H,32,36)(H,34,35)(H,38,39);8-9H,5-7H2,1-4H3,(H,13,15);3-6H2,1-2H3;2H2,1H3;3H,2H2. The summed E-state index contributed by atoms with van der Waals surface area (Å²) in [5.41, 5.74) is 13.0. The van der Waals surface area contributed by atoms with Gasteiger partial charge in [-0.1, -0.05) is 76.8 Å². The smallest absolute Gasteiger partial charge is 0.356 e. The van der Waals surface area contributed by atoms with Crippen molar-refractivity contribution in [1.82, 2.24) is 31.2 Å². The zero-order chi connectivity index (χ0) is 53.8. The Morgan fingerprint density at radius 1 is 0.928 bits per heavy atom. The summed E-state index contributed by atoms with van der Waals surface area (Å²) in [5, 5.41) is 33.1. The van der Waals surface area contributed by atoms with Crippen molar-refractivity contribution in [3.05, 3.63) is 47.3 Å². The van der Waals surface area contributed by atoms with Crippen LogP contribution in [0.5, 0.6) is 0 Å². The molecule has 0 fully saturated rings. The number of hydrogen-bond donors (Lipinski definition) is 10. The number of nitrogens with one attached hydrogen (secondary N) is 5. The van der Waals surface area contributed by atoms with E-state index in [0.717, 1.165) is 12.0 Å². The predicted octanol–water partition coefficient (Wildman–Crippen LogP) is 4.89. The molecule has 2 unspecified atom stereocenters. The van der Waals surface area contributed by atoms with Crippen LogP contribution in [0.2, 0.25) is 0 Å². The molecule has 1 aromatic heterocycles. The monoisotopic (exact) mass is 1020 g/mol. The van der Waals surface area contributed by atoms with Gasteiger partial charge in [-0.25, -0.2) is 29.4 Å². The normalized spacial score (nSPS) is 11.2. The first-order chi connectivity index (χ1) is 32.3. The van der Waals surface area contributed by atoms with Crippen LogP contribution in [-0.4, -0.2) is 105 Å². The molecule has 0 bridgehead atoms. The van der Waals surface area contributed by atoms with Crippen LogP contribution >= 0.6 is 19.3 Å². The van der Waals surface area contributed by atoms with Crippen molar-refractivity contribution in [3.63, 3.8) is 0 Å². The number of amides is 4. The molecule has 0 saturated carbocycles. The van der Waals surface area contributed by atoms with Gasteiger partial charge < -0.3 is 48.3 Å². The molecular formula is C45H79ClN11O11P. The molecule has 392 valence electrons. The summed E-state index contributed by atoms with van der Waals surface area (Å²) in [6.07, 6.45) is 7.35. The van der Waals surface area contributed by atoms with Crippen molar-refractivity contribution < 1.29 is 53.5 Å². The Bertz CT molecular complexity index is 1850. The van der Waals surface area contributed by atoms with E-state index in [2.05, 4.69) is 97.0 Å². The van der Waals surface area contributed by atoms with E-state index in [4.69, 9.17) is 17.0 Å². The number of rotatable bonds is 25. The number of aromatic nitrogens is 2. The number of unbranched alkanes of at least 4 members (excludes halogenated alkanes) is 3. The van der Waals surface area contributed by atoms with Gasteiger partial charge in [0.05, 0.1) is 30.4 Å². The highest BCUT2D eigenvalue weighted by Crippen LogP contribution is 2.21. The maximum absolute atomic E-state index is 12.7. The topological polar surface area (TPSA) is 355 Å². The summed E-state index contributed by atoms with van der Waals surface area (Å²) in [6.45, 7) is 22.5. The summed E-state index contributed by atoms with van der Waals surface area (Å²) in [6, 6.07) is 5.10. The van der Waals surface area contributed by atoms with Crippen molar-refractivity contribution in [1.29, 1.82) is 0 Å². The Morgan fingerprint density at radius 3 is 1.94 bits per heavy atom. The summed E-state index contributed by atoms with van der Waals surface area (Å²) in [5.74, 6) is -3.04. The second-order valence-corrected chi connectivity index (χ2v) is 17.8. The molecule has 0 aliphatic rings. The third-order valence-corrected chi connectivity index (χ3v) is 9.41. The van der Waals surface area contributed by atoms with Crippen LogP contribution < -0.4 is 43.6 Å². The Hall–Kier alpha value is -5.38. The predicted molar refractivity (Wildman–Crippen MR) is 271 cm³/mol. The highest BCUT2D eigenvalue weighted by Gasteiger charge is 2.36. The number of carboxylic acids is 1. The maximum Gasteiger partial charge on any atom is 0.356 e. The second kappa shape index (κ2) is 37.5. The van der Waals surface area contributed by atoms with E-state index in [1.165, 1.54) is 51.1 Å². The number of benzene rings is 1. The lowest BCUT2D eigenvalue weighted by molar-refractivity contribution is -0.248. The Labute approximate surface area is 413 Å². The molecule has 1 heterocycles. The van der Waals surface area contributed by atoms with Crippen molar-refractivity contribution >= 4 is 79.7 Å². The number of aliphatic carboxylic acids is 1. The van der Waals surface area contributed by atoms with Gasteiger partial charge >= 0.3 is 18.4 Å². The van der Waals surface area contributed by atoms with Crippen molar-refractivity contribution in [2.24, 2.45) is 27.9 Å². The number of carbonyl (C=O) groups is 7. The molecule has 22 nitrogen and oxygen atoms in total. The van der Waals surface area contributed by atoms with Gasteiger partial charge in [-0.15, -0.1) is 0 Å². The lowest BCUT2D eigenvalue weighted by Crippen LogP contribution is -2.57. The summed E-state index contributed by atoms with van der Waals surface area (Å²) in [4.78, 5) is 101. The van der Waals surface area contributed by atoms with E-state index in [-0.39, 0.29) is 82.0 Å². The van der Waals surface area contributed by atoms with Crippen LogP contribution in [-0.2, 0) is 40.3 Å². The zero-order valence-corrected chi connectivity index (χ0v) is 43.9. The lowest BCUT2D eigenvalue weighted by Gasteiger charge is -2.38. The van der Waals surface area contributed by atoms with E-state index in [9.17, 15) is 43.8 Å². The van der Waals surface area contributed by atoms with Crippen molar-refractivity contribution in [2.45, 2.75) is 156 Å². The number of carboxylic acid groups (broad SMARTS) is 1. The molecule has 13 N–H and O–H groups in total. The first-order valence-electron chi connectivity index (χ1n) is 22.2. The fraction of sp³-hybridized carbons (Fsp3) is 0.600. The number of nitrogens with two attached hydrogens (primary N) is 3. The third kappa shape index (κ3) is 32.1. The average Bonchev–Trinajstić information content (AvgIpc) is 3.27. The number of carbonyl (C=O) groups excluding carboxylic acids is 6. The van der Waals surface area contributed by atoms with Crippen LogP contribution in [0.1, 0.15) is 153 Å². The van der Waals surface area contributed by atoms with Crippen molar-refractivity contribution in [3.8, 4) is 0 Å². The Morgan fingerprint density at radius 2 is 1.48 bits per heavy atom. The highest BCUT2D eigenvalue weighted by atomic mass is 35.7. The number of halogens is 1. The minimum atomic E-state index is -1.29. The van der Waals surface area contributed by atoms with Crippen LogP contribution in [0.15, 0.2) is 35.5 Å². The third-order valence-electron chi connectivity index (χ3n) is 9.41. The summed E-state index contributed by atoms with van der Waals surface area (Å²) >= 11 is 4.80. The number of anilines is 1. The quantitative estimate of drug-likeness (QED) is 0.0120. The van der Waals surface area contributed by atoms with Gasteiger partial charge in [0.25, 0.3) is 11.8 Å². The molecule has 0 saturated heterocycles. The van der Waals surface area contributed by atoms with Gasteiger partial charge in [-0.2, -0.15) is 0 Å². The van der Waals surface area contributed by atoms with Crippen LogP contribution in [0, 0.1) is 5.92 Å². The molecule has 0 aliphatic heterocycles. The number of hydrogen-bond acceptors (Lipinski definition) is 17. The molecule has 0 aliphatic carbocycles. The van der Waals surface area contributed by atoms with Crippen LogP contribution in [0.25, 0.3) is 0 Å². The molecule has 1 aromatic carbocycles. The molecule has 4 amide bonds. The molecule has 69 heavy (non-hydrogen) atoms. The van der Waals surface area contributed by atoms with Gasteiger partial charge in [0, 0.05) is 38.6 Å². The van der Waals surface area contributed by atoms with Gasteiger partial charge in [0.1, 0.15) is 11.9 Å². The molecular weight excluding hydrogens is 937 g/mol. The minimum absolute atomic E-state index is 0.00256. The molecule has 2 rings (SSSR count). The van der Waals surface area contributed by atoms with E-state index >= 15 is 0 Å². The largest absolute Gasteiger partial charge is 0.480 e. The van der Waals surface area contributed by atoms with Gasteiger partial charge in [0.15, 0.2) is 11.5 Å². The van der Waals surface area contributed by atoms with E-state index in [1.807, 2.05) is 13.8 Å². The fourth-order valence-electron chi connectivity index (χ4n) is 5.56. The molecule has 2 atom stereocenters. The molecule has 24 heteroatoms. The SMILES string of the molecule is C=Nc1ncc(NCc2ccc(C(=O)NC(CCC(=O)NC(C)(C)C(C)(C)O)C(=O)O)cc2)nc1C(=O)NCN.CC(C)CC(C)(C)NC(=O)CCC(=O)OOC=O.CCCCCC.CN.NPCl. The van der Waals surface area contributed by atoms with Crippen LogP contribution in [0.3, 0.4) is 0 Å². The van der Waals surface area contributed by atoms with E-state index in [0.29, 0.717) is 11.7 Å². The zero-order valence-electron chi connectivity index (χ0n) is 42.1. The number of aliphatic hydroxyl groups is 1. The molecule has 2 aromatic rings. The van der Waals surface area contributed by atoms with Gasteiger partial charge in [-0.3, -0.25) is 34.4 Å². The second-order valence-electron chi connectivity index (χ2n) is 17.0. The number of nitrogens with zero attached hydrogens (tertiary/aromatic N) is 3. The Balaban J connectivity index is -0.00000124.